The number of urea groups is 1. The van der Waals surface area contributed by atoms with E-state index in [1.807, 2.05) is 24.3 Å². The largest absolute Gasteiger partial charge is 0.497 e. The highest BCUT2D eigenvalue weighted by Gasteiger charge is 2.45. The van der Waals surface area contributed by atoms with Gasteiger partial charge in [0.2, 0.25) is 0 Å². The number of carbonyl (C=O) groups is 3. The van der Waals surface area contributed by atoms with Crippen molar-refractivity contribution in [3.8, 4) is 5.75 Å². The number of carbonyl (C=O) groups excluding carboxylic acids is 3. The first-order valence-corrected chi connectivity index (χ1v) is 8.35. The van der Waals surface area contributed by atoms with Crippen molar-refractivity contribution in [1.82, 2.24) is 4.90 Å². The van der Waals surface area contributed by atoms with Crippen molar-refractivity contribution in [1.29, 1.82) is 0 Å². The van der Waals surface area contributed by atoms with Gasteiger partial charge in [-0.05, 0) is 41.3 Å². The molecule has 2 aromatic carbocycles. The zero-order valence-electron chi connectivity index (χ0n) is 14.9. The normalized spacial score (nSPS) is 14.5. The van der Waals surface area contributed by atoms with Crippen LogP contribution in [0.4, 0.5) is 10.5 Å². The van der Waals surface area contributed by atoms with Gasteiger partial charge in [0.1, 0.15) is 5.75 Å². The molecule has 0 saturated carbocycles. The molecule has 0 aromatic heterocycles. The lowest BCUT2D eigenvalue weighted by molar-refractivity contribution is -0.139. The summed E-state index contributed by atoms with van der Waals surface area (Å²) >= 11 is 0. The van der Waals surface area contributed by atoms with Crippen LogP contribution in [-0.4, -0.2) is 29.9 Å². The van der Waals surface area contributed by atoms with E-state index in [4.69, 9.17) is 4.74 Å². The first-order valence-electron chi connectivity index (χ1n) is 8.35. The molecule has 0 radical (unpaired) electrons. The Balaban J connectivity index is 1.81. The van der Waals surface area contributed by atoms with Crippen LogP contribution < -0.4 is 9.64 Å². The van der Waals surface area contributed by atoms with Crippen LogP contribution in [0, 0.1) is 0 Å². The maximum atomic E-state index is 12.6. The first-order chi connectivity index (χ1) is 12.4. The van der Waals surface area contributed by atoms with Gasteiger partial charge < -0.3 is 4.74 Å². The van der Waals surface area contributed by atoms with Crippen LogP contribution in [0.25, 0.3) is 0 Å². The molecule has 1 aliphatic heterocycles. The molecule has 1 heterocycles. The maximum absolute atomic E-state index is 12.6. The molecule has 0 atom stereocenters. The summed E-state index contributed by atoms with van der Waals surface area (Å²) in [5.74, 6) is -0.676. The quantitative estimate of drug-likeness (QED) is 0.612. The van der Waals surface area contributed by atoms with Gasteiger partial charge >= 0.3 is 17.8 Å². The molecule has 6 nitrogen and oxygen atoms in total. The highest BCUT2D eigenvalue weighted by atomic mass is 16.5. The number of imide groups is 2. The summed E-state index contributed by atoms with van der Waals surface area (Å²) in [6.45, 7) is 4.25. The van der Waals surface area contributed by atoms with Crippen LogP contribution in [0.3, 0.4) is 0 Å². The summed E-state index contributed by atoms with van der Waals surface area (Å²) in [6, 6.07) is 13.4. The Morgan fingerprint density at radius 3 is 2.04 bits per heavy atom. The highest BCUT2D eigenvalue weighted by Crippen LogP contribution is 2.26. The van der Waals surface area contributed by atoms with Crippen molar-refractivity contribution in [2.45, 2.75) is 26.3 Å². The third-order valence-corrected chi connectivity index (χ3v) is 4.37. The Morgan fingerprint density at radius 2 is 1.50 bits per heavy atom. The van der Waals surface area contributed by atoms with E-state index < -0.39 is 17.8 Å². The molecule has 3 rings (SSSR count). The summed E-state index contributed by atoms with van der Waals surface area (Å²) in [6.07, 6.45) is 0. The van der Waals surface area contributed by atoms with E-state index in [9.17, 15) is 14.4 Å². The SMILES string of the molecule is COc1ccc(N2C(=O)C(=O)N(Cc3ccc(C(C)C)cc3)C2=O)cc1. The summed E-state index contributed by atoms with van der Waals surface area (Å²) in [4.78, 5) is 39.1. The van der Waals surface area contributed by atoms with Crippen LogP contribution in [0.2, 0.25) is 0 Å². The predicted octanol–water partition coefficient (Wildman–Crippen LogP) is 3.31. The maximum Gasteiger partial charge on any atom is 0.339 e. The van der Waals surface area contributed by atoms with Crippen molar-refractivity contribution in [2.75, 3.05) is 12.0 Å². The number of rotatable bonds is 5. The Morgan fingerprint density at radius 1 is 0.885 bits per heavy atom. The fourth-order valence-corrected chi connectivity index (χ4v) is 2.79. The van der Waals surface area contributed by atoms with E-state index >= 15 is 0 Å². The van der Waals surface area contributed by atoms with Crippen LogP contribution >= 0.6 is 0 Å². The van der Waals surface area contributed by atoms with Crippen molar-refractivity contribution in [3.05, 3.63) is 59.7 Å². The van der Waals surface area contributed by atoms with Gasteiger partial charge in [-0.25, -0.2) is 9.69 Å². The Bertz CT molecular complexity index is 841. The average molecular weight is 352 g/mol. The fourth-order valence-electron chi connectivity index (χ4n) is 2.79. The lowest BCUT2D eigenvalue weighted by Gasteiger charge is -2.16. The van der Waals surface area contributed by atoms with Gasteiger partial charge in [0.05, 0.1) is 19.3 Å². The second kappa shape index (κ2) is 7.00. The molecule has 0 bridgehead atoms. The van der Waals surface area contributed by atoms with E-state index in [-0.39, 0.29) is 6.54 Å². The lowest BCUT2D eigenvalue weighted by Crippen LogP contribution is -2.33. The Hall–Kier alpha value is -3.15. The number of methoxy groups -OCH3 is 1. The standard InChI is InChI=1S/C20H20N2O4/c1-13(2)15-6-4-14(5-7-15)12-21-18(23)19(24)22(20(21)25)16-8-10-17(26-3)11-9-16/h4-11,13H,12H2,1-3H3. The molecule has 134 valence electrons. The first kappa shape index (κ1) is 17.7. The predicted molar refractivity (Wildman–Crippen MR) is 97.0 cm³/mol. The van der Waals surface area contributed by atoms with Gasteiger partial charge in [0.15, 0.2) is 0 Å². The number of benzene rings is 2. The van der Waals surface area contributed by atoms with E-state index in [0.29, 0.717) is 17.4 Å². The van der Waals surface area contributed by atoms with E-state index in [0.717, 1.165) is 15.4 Å². The van der Waals surface area contributed by atoms with E-state index in [2.05, 4.69) is 13.8 Å². The van der Waals surface area contributed by atoms with Crippen molar-refractivity contribution < 1.29 is 19.1 Å². The molecule has 0 spiro atoms. The highest BCUT2D eigenvalue weighted by molar-refractivity contribution is 6.52. The molecule has 0 unspecified atom stereocenters. The average Bonchev–Trinajstić information content (AvgIpc) is 2.86. The summed E-state index contributed by atoms with van der Waals surface area (Å²) in [5, 5.41) is 0. The lowest BCUT2D eigenvalue weighted by atomic mass is 10.0. The minimum absolute atomic E-state index is 0.0639. The number of hydrogen-bond donors (Lipinski definition) is 0. The molecule has 1 fully saturated rings. The van der Waals surface area contributed by atoms with Gasteiger partial charge in [-0.2, -0.15) is 0 Å². The van der Waals surface area contributed by atoms with Crippen LogP contribution in [-0.2, 0) is 16.1 Å². The molecular weight excluding hydrogens is 332 g/mol. The Labute approximate surface area is 152 Å². The van der Waals surface area contributed by atoms with Gasteiger partial charge in [-0.1, -0.05) is 38.1 Å². The van der Waals surface area contributed by atoms with Crippen LogP contribution in [0.15, 0.2) is 48.5 Å². The van der Waals surface area contributed by atoms with Crippen LogP contribution in [0.5, 0.6) is 5.75 Å². The molecule has 1 saturated heterocycles. The third-order valence-electron chi connectivity index (χ3n) is 4.37. The minimum Gasteiger partial charge on any atom is -0.497 e. The summed E-state index contributed by atoms with van der Waals surface area (Å²) in [5.41, 5.74) is 2.30. The second-order valence-electron chi connectivity index (χ2n) is 6.41. The van der Waals surface area contributed by atoms with Gasteiger partial charge in [-0.3, -0.25) is 14.5 Å². The number of amides is 4. The topological polar surface area (TPSA) is 66.9 Å². The number of ether oxygens (including phenoxy) is 1. The monoisotopic (exact) mass is 352 g/mol. The molecule has 2 aromatic rings. The third kappa shape index (κ3) is 3.18. The summed E-state index contributed by atoms with van der Waals surface area (Å²) < 4.78 is 5.07. The number of hydrogen-bond acceptors (Lipinski definition) is 4. The number of nitrogens with zero attached hydrogens (tertiary/aromatic N) is 2. The van der Waals surface area contributed by atoms with Gasteiger partial charge in [0, 0.05) is 0 Å². The second-order valence-corrected chi connectivity index (χ2v) is 6.41. The summed E-state index contributed by atoms with van der Waals surface area (Å²) in [7, 11) is 1.52. The van der Waals surface area contributed by atoms with Crippen molar-refractivity contribution in [3.63, 3.8) is 0 Å². The molecule has 6 heteroatoms. The molecule has 1 aliphatic rings. The van der Waals surface area contributed by atoms with Crippen LogP contribution in [0.1, 0.15) is 30.9 Å². The fraction of sp³-hybridized carbons (Fsp3) is 0.250. The molecule has 0 aliphatic carbocycles. The number of anilines is 1. The molecular formula is C20H20N2O4. The van der Waals surface area contributed by atoms with E-state index in [1.54, 1.807) is 24.3 Å². The molecule has 4 amide bonds. The minimum atomic E-state index is -0.848. The van der Waals surface area contributed by atoms with Gasteiger partial charge in [-0.15, -0.1) is 0 Å². The Kier molecular flexibility index (Phi) is 4.75. The molecule has 0 N–H and O–H groups in total. The molecule has 26 heavy (non-hydrogen) atoms. The van der Waals surface area contributed by atoms with Crippen molar-refractivity contribution in [2.24, 2.45) is 0 Å². The zero-order chi connectivity index (χ0) is 18.8. The smallest absolute Gasteiger partial charge is 0.339 e. The van der Waals surface area contributed by atoms with E-state index in [1.165, 1.54) is 12.7 Å². The van der Waals surface area contributed by atoms with Gasteiger partial charge in [0.25, 0.3) is 0 Å². The van der Waals surface area contributed by atoms with Crippen molar-refractivity contribution >= 4 is 23.5 Å². The zero-order valence-corrected chi connectivity index (χ0v) is 14.9.